The van der Waals surface area contributed by atoms with Gasteiger partial charge >= 0.3 is 32.0 Å². The summed E-state index contributed by atoms with van der Waals surface area (Å²) >= 11 is 6.99. The van der Waals surface area contributed by atoms with E-state index in [1.165, 1.54) is 0 Å². The molecule has 0 saturated heterocycles. The predicted octanol–water partition coefficient (Wildman–Crippen LogP) is 3.12. The molecular weight excluding hydrogens is 284 g/mol. The van der Waals surface area contributed by atoms with E-state index in [-0.39, 0.29) is 10.9 Å². The van der Waals surface area contributed by atoms with Crippen LogP contribution in [0.4, 0.5) is 0 Å². The van der Waals surface area contributed by atoms with Crippen molar-refractivity contribution in [2.75, 3.05) is 0 Å². The van der Waals surface area contributed by atoms with E-state index in [0.29, 0.717) is 0 Å². The first-order valence-corrected chi connectivity index (χ1v) is 7.59. The van der Waals surface area contributed by atoms with Crippen molar-refractivity contribution in [2.24, 2.45) is 0 Å². The van der Waals surface area contributed by atoms with Crippen LogP contribution < -0.4 is 5.32 Å². The summed E-state index contributed by atoms with van der Waals surface area (Å²) in [7, 11) is 4.73. The second kappa shape index (κ2) is 6.27. The van der Waals surface area contributed by atoms with E-state index < -0.39 is 0 Å². The second-order valence-electron chi connectivity index (χ2n) is 3.78. The van der Waals surface area contributed by atoms with E-state index in [2.05, 4.69) is 26.1 Å². The van der Waals surface area contributed by atoms with Gasteiger partial charge in [0.1, 0.15) is 0 Å². The molecule has 0 aromatic heterocycles. The average molecular weight is 298 g/mol. The molecule has 1 unspecified atom stereocenters. The first kappa shape index (κ1) is 13.7. The van der Waals surface area contributed by atoms with Crippen molar-refractivity contribution in [1.29, 1.82) is 0 Å². The fraction of sp³-hybridized carbons (Fsp3) is 0.556. The van der Waals surface area contributed by atoms with Gasteiger partial charge in [0.05, 0.1) is 5.38 Å². The molecule has 0 bridgehead atoms. The van der Waals surface area contributed by atoms with Crippen LogP contribution in [0.25, 0.3) is 0 Å². The van der Waals surface area contributed by atoms with E-state index in [4.69, 9.17) is 20.1 Å². The predicted molar refractivity (Wildman–Crippen MR) is 55.6 cm³/mol. The molecule has 0 fully saturated rings. The van der Waals surface area contributed by atoms with Crippen molar-refractivity contribution in [3.8, 4) is 0 Å². The van der Waals surface area contributed by atoms with Crippen LogP contribution in [0.3, 0.4) is 0 Å². The van der Waals surface area contributed by atoms with Gasteiger partial charge in [-0.3, -0.25) is 0 Å². The van der Waals surface area contributed by atoms with Crippen molar-refractivity contribution >= 4 is 20.1 Å². The fourth-order valence-electron chi connectivity index (χ4n) is 0.996. The number of rotatable bonds is 1. The van der Waals surface area contributed by atoms with Gasteiger partial charge in [0.2, 0.25) is 0 Å². The van der Waals surface area contributed by atoms with Gasteiger partial charge in [-0.25, -0.2) is 0 Å². The summed E-state index contributed by atoms with van der Waals surface area (Å²) in [6, 6.07) is 0. The van der Waals surface area contributed by atoms with Gasteiger partial charge in [-0.15, -0.1) is 11.6 Å². The molecule has 0 spiro atoms. The van der Waals surface area contributed by atoms with Crippen LogP contribution in [0.15, 0.2) is 23.9 Å². The van der Waals surface area contributed by atoms with E-state index >= 15 is 0 Å². The molecule has 0 aromatic rings. The van der Waals surface area contributed by atoms with E-state index in [0.717, 1.165) is 29.2 Å². The van der Waals surface area contributed by atoms with Crippen LogP contribution in [0.1, 0.15) is 20.8 Å². The number of alkyl halides is 1. The van der Waals surface area contributed by atoms with Gasteiger partial charge in [-0.05, 0) is 26.8 Å². The van der Waals surface area contributed by atoms with Gasteiger partial charge in [0.15, 0.2) is 0 Å². The number of halogens is 2. The number of nitrogens with one attached hydrogen (secondary N) is 1. The van der Waals surface area contributed by atoms with Gasteiger partial charge in [-0.2, -0.15) is 0 Å². The summed E-state index contributed by atoms with van der Waals surface area (Å²) in [5.41, 5.74) is 1.20. The molecule has 0 amide bonds. The molecule has 1 atom stereocenters. The molecule has 1 aliphatic rings. The Morgan fingerprint density at radius 3 is 2.23 bits per heavy atom. The summed E-state index contributed by atoms with van der Waals surface area (Å²) in [4.78, 5) is 0. The Bertz CT molecular complexity index is 206. The quantitative estimate of drug-likeness (QED) is 0.733. The maximum absolute atomic E-state index is 5.97. The molecule has 13 heavy (non-hydrogen) atoms. The fourth-order valence-corrected chi connectivity index (χ4v) is 1.21. The molecule has 1 N–H and O–H groups in total. The van der Waals surface area contributed by atoms with Crippen LogP contribution in [0.5, 0.6) is 0 Å². The molecule has 1 rings (SSSR count). The molecule has 0 radical (unpaired) electrons. The summed E-state index contributed by atoms with van der Waals surface area (Å²) in [5, 5.41) is 3.37. The van der Waals surface area contributed by atoms with Crippen molar-refractivity contribution in [3.05, 3.63) is 23.9 Å². The summed E-state index contributed by atoms with van der Waals surface area (Å²) in [5.74, 6) is 0. The standard InChI is InChI=1S/C9H14ClN.ClH.Zr/c1-9(2,3)11-8-6-4-5-7(8)10;;/h4-7,11H,1-3H3;1H;/q;;+1/p-1. The van der Waals surface area contributed by atoms with Crippen LogP contribution in [-0.2, 0) is 23.5 Å². The Balaban J connectivity index is 0.000000671. The zero-order valence-corrected chi connectivity index (χ0v) is 12.0. The normalized spacial score (nSPS) is 20.3. The number of allylic oxidation sites excluding steroid dienone is 3. The SMILES string of the molecule is CC(C)(C)NC1=CC=CC1Cl.[Cl][Zr]. The molecule has 0 aromatic carbocycles. The van der Waals surface area contributed by atoms with Crippen LogP contribution in [-0.4, -0.2) is 10.9 Å². The van der Waals surface area contributed by atoms with E-state index in [1.807, 2.05) is 18.2 Å². The van der Waals surface area contributed by atoms with Crippen molar-refractivity contribution in [3.63, 3.8) is 0 Å². The molecule has 0 heterocycles. The second-order valence-corrected chi connectivity index (χ2v) is 4.25. The van der Waals surface area contributed by atoms with E-state index in [9.17, 15) is 0 Å². The minimum absolute atomic E-state index is 0.0363. The van der Waals surface area contributed by atoms with Crippen molar-refractivity contribution in [2.45, 2.75) is 31.7 Å². The summed E-state index contributed by atoms with van der Waals surface area (Å²) in [6.07, 6.45) is 5.96. The maximum atomic E-state index is 5.97. The van der Waals surface area contributed by atoms with Crippen molar-refractivity contribution in [1.82, 2.24) is 5.32 Å². The molecule has 4 heteroatoms. The molecule has 1 nitrogen and oxygen atoms in total. The summed E-state index contributed by atoms with van der Waals surface area (Å²) < 4.78 is 0. The number of hydrogen-bond acceptors (Lipinski definition) is 1. The van der Waals surface area contributed by atoms with Crippen LogP contribution >= 0.6 is 20.1 Å². The minimum atomic E-state index is 0.0363. The van der Waals surface area contributed by atoms with Crippen LogP contribution in [0, 0.1) is 0 Å². The van der Waals surface area contributed by atoms with Gasteiger partial charge in [-0.1, -0.05) is 12.2 Å². The molecule has 0 aliphatic heterocycles. The average Bonchev–Trinajstić information content (AvgIpc) is 2.38. The Hall–Kier alpha value is 0.743. The van der Waals surface area contributed by atoms with Gasteiger partial charge in [0.25, 0.3) is 0 Å². The molecule has 0 saturated carbocycles. The zero-order valence-electron chi connectivity index (χ0n) is 8.07. The Morgan fingerprint density at radius 2 is 1.92 bits per heavy atom. The first-order chi connectivity index (χ1) is 5.99. The third kappa shape index (κ3) is 5.93. The Kier molecular flexibility index (Phi) is 6.63. The zero-order chi connectivity index (χ0) is 10.5. The Morgan fingerprint density at radius 1 is 1.38 bits per heavy atom. The first-order valence-electron chi connectivity index (χ1n) is 3.98. The van der Waals surface area contributed by atoms with Gasteiger partial charge in [0, 0.05) is 11.2 Å². The number of hydrogen-bond donors (Lipinski definition) is 1. The third-order valence-electron chi connectivity index (χ3n) is 1.37. The molecule has 73 valence electrons. The van der Waals surface area contributed by atoms with Gasteiger partial charge < -0.3 is 5.32 Å². The van der Waals surface area contributed by atoms with E-state index in [1.54, 1.807) is 0 Å². The van der Waals surface area contributed by atoms with Crippen molar-refractivity contribution < 1.29 is 23.5 Å². The monoisotopic (exact) mass is 296 g/mol. The third-order valence-corrected chi connectivity index (χ3v) is 1.75. The Labute approximate surface area is 104 Å². The topological polar surface area (TPSA) is 12.0 Å². The molecular formula is C9H14Cl2NZr. The van der Waals surface area contributed by atoms with Crippen LogP contribution in [0.2, 0.25) is 0 Å². The summed E-state index contributed by atoms with van der Waals surface area (Å²) in [6.45, 7) is 6.36. The molecule has 1 aliphatic carbocycles.